The molecule has 0 aliphatic carbocycles. The van der Waals surface area contributed by atoms with Crippen molar-refractivity contribution in [2.75, 3.05) is 24.0 Å². The van der Waals surface area contributed by atoms with Crippen LogP contribution in [-0.4, -0.2) is 33.6 Å². The van der Waals surface area contributed by atoms with Crippen molar-refractivity contribution in [1.82, 2.24) is 14.9 Å². The number of carbonyl (C=O) groups is 1. The number of benzene rings is 2. The third-order valence-electron chi connectivity index (χ3n) is 4.38. The Hall–Kier alpha value is -3.00. The highest BCUT2D eigenvalue weighted by Gasteiger charge is 2.14. The van der Waals surface area contributed by atoms with Gasteiger partial charge in [0.05, 0.1) is 12.9 Å². The summed E-state index contributed by atoms with van der Waals surface area (Å²) in [4.78, 5) is 12.3. The van der Waals surface area contributed by atoms with E-state index in [0.29, 0.717) is 16.7 Å². The van der Waals surface area contributed by atoms with E-state index in [9.17, 15) is 4.79 Å². The number of ether oxygens (including phenoxy) is 1. The van der Waals surface area contributed by atoms with Crippen LogP contribution < -0.4 is 15.9 Å². The Bertz CT molecular complexity index is 956. The van der Waals surface area contributed by atoms with Crippen molar-refractivity contribution in [3.8, 4) is 17.1 Å². The van der Waals surface area contributed by atoms with Crippen LogP contribution in [0.15, 0.2) is 53.7 Å². The molecule has 0 unspecified atom stereocenters. The monoisotopic (exact) mass is 411 g/mol. The number of aryl methyl sites for hydroxylation is 1. The molecule has 0 saturated carbocycles. The van der Waals surface area contributed by atoms with Gasteiger partial charge < -0.3 is 15.9 Å². The number of rotatable bonds is 9. The van der Waals surface area contributed by atoms with E-state index in [2.05, 4.69) is 34.6 Å². The second-order valence-electron chi connectivity index (χ2n) is 6.55. The van der Waals surface area contributed by atoms with Crippen LogP contribution in [0.4, 0.5) is 5.69 Å². The van der Waals surface area contributed by atoms with E-state index in [0.717, 1.165) is 17.7 Å². The van der Waals surface area contributed by atoms with Crippen molar-refractivity contribution in [3.63, 3.8) is 0 Å². The molecule has 3 rings (SSSR count). The van der Waals surface area contributed by atoms with E-state index < -0.39 is 0 Å². The van der Waals surface area contributed by atoms with Gasteiger partial charge in [0.1, 0.15) is 5.75 Å². The minimum atomic E-state index is -0.123. The molecule has 0 aliphatic rings. The summed E-state index contributed by atoms with van der Waals surface area (Å²) in [5.74, 6) is 7.40. The second-order valence-corrected chi connectivity index (χ2v) is 7.49. The van der Waals surface area contributed by atoms with Crippen molar-refractivity contribution < 1.29 is 9.53 Å². The molecule has 8 heteroatoms. The number of hydrogen-bond acceptors (Lipinski definition) is 6. The highest BCUT2D eigenvalue weighted by molar-refractivity contribution is 7.99. The highest BCUT2D eigenvalue weighted by atomic mass is 32.2. The van der Waals surface area contributed by atoms with E-state index in [1.54, 1.807) is 7.11 Å². The number of hydrogen-bond donors (Lipinski definition) is 2. The summed E-state index contributed by atoms with van der Waals surface area (Å²) in [5, 5.41) is 11.6. The summed E-state index contributed by atoms with van der Waals surface area (Å²) in [6, 6.07) is 15.4. The molecule has 29 heavy (non-hydrogen) atoms. The van der Waals surface area contributed by atoms with Gasteiger partial charge in [-0.3, -0.25) is 4.79 Å². The number of thioether (sulfide) groups is 1. The van der Waals surface area contributed by atoms with Gasteiger partial charge in [0, 0.05) is 11.3 Å². The molecule has 0 bridgehead atoms. The van der Waals surface area contributed by atoms with Gasteiger partial charge in [-0.05, 0) is 42.7 Å². The fraction of sp³-hybridized carbons (Fsp3) is 0.286. The van der Waals surface area contributed by atoms with Crippen molar-refractivity contribution in [2.24, 2.45) is 0 Å². The number of anilines is 1. The van der Waals surface area contributed by atoms with Crippen molar-refractivity contribution in [2.45, 2.75) is 31.3 Å². The Kier molecular flexibility index (Phi) is 7.13. The zero-order valence-corrected chi connectivity index (χ0v) is 17.4. The van der Waals surface area contributed by atoms with Gasteiger partial charge in [-0.1, -0.05) is 49.4 Å². The van der Waals surface area contributed by atoms with Crippen LogP contribution in [0.5, 0.6) is 5.75 Å². The predicted molar refractivity (Wildman–Crippen MR) is 117 cm³/mol. The molecule has 1 aromatic heterocycles. The number of nitrogens with zero attached hydrogens (tertiary/aromatic N) is 3. The molecule has 0 aliphatic heterocycles. The Labute approximate surface area is 174 Å². The predicted octanol–water partition coefficient (Wildman–Crippen LogP) is 3.74. The van der Waals surface area contributed by atoms with Gasteiger partial charge in [0.2, 0.25) is 11.1 Å². The zero-order chi connectivity index (χ0) is 20.6. The van der Waals surface area contributed by atoms with E-state index in [-0.39, 0.29) is 11.7 Å². The highest BCUT2D eigenvalue weighted by Crippen LogP contribution is 2.24. The van der Waals surface area contributed by atoms with Crippen LogP contribution in [0.2, 0.25) is 0 Å². The van der Waals surface area contributed by atoms with Gasteiger partial charge in [-0.2, -0.15) is 0 Å². The Morgan fingerprint density at radius 1 is 1.21 bits per heavy atom. The maximum atomic E-state index is 12.3. The van der Waals surface area contributed by atoms with Gasteiger partial charge >= 0.3 is 0 Å². The zero-order valence-electron chi connectivity index (χ0n) is 16.6. The molecule has 152 valence electrons. The number of nitrogen functional groups attached to an aromatic ring is 1. The summed E-state index contributed by atoms with van der Waals surface area (Å²) in [6.07, 6.45) is 3.39. The van der Waals surface area contributed by atoms with Crippen molar-refractivity contribution in [1.29, 1.82) is 0 Å². The maximum Gasteiger partial charge on any atom is 0.234 e. The van der Waals surface area contributed by atoms with Crippen LogP contribution in [0.25, 0.3) is 11.4 Å². The topological polar surface area (TPSA) is 95.1 Å². The molecule has 0 saturated heterocycles. The molecule has 0 spiro atoms. The summed E-state index contributed by atoms with van der Waals surface area (Å²) in [7, 11) is 1.60. The second kappa shape index (κ2) is 9.97. The first kappa shape index (κ1) is 20.7. The molecule has 3 N–H and O–H groups in total. The molecule has 0 atom stereocenters. The van der Waals surface area contributed by atoms with Crippen LogP contribution in [0.1, 0.15) is 25.3 Å². The lowest BCUT2D eigenvalue weighted by atomic mass is 10.1. The number of nitrogens with two attached hydrogens (primary N) is 1. The van der Waals surface area contributed by atoms with Gasteiger partial charge in [0.15, 0.2) is 5.82 Å². The fourth-order valence-corrected chi connectivity index (χ4v) is 3.45. The van der Waals surface area contributed by atoms with Gasteiger partial charge in [0.25, 0.3) is 0 Å². The van der Waals surface area contributed by atoms with Crippen molar-refractivity contribution >= 4 is 23.4 Å². The number of nitrogens with one attached hydrogen (secondary N) is 1. The SMILES string of the molecule is CCCCc1ccc(NC(=O)CSc2nnc(-c3cccc(OC)c3)n2N)cc1. The number of amides is 1. The van der Waals surface area contributed by atoms with Crippen molar-refractivity contribution in [3.05, 3.63) is 54.1 Å². The van der Waals surface area contributed by atoms with Crippen LogP contribution in [-0.2, 0) is 11.2 Å². The Balaban J connectivity index is 1.57. The average molecular weight is 412 g/mol. The Morgan fingerprint density at radius 2 is 2.00 bits per heavy atom. The summed E-state index contributed by atoms with van der Waals surface area (Å²) >= 11 is 1.24. The number of carbonyl (C=O) groups excluding carboxylic acids is 1. The van der Waals surface area contributed by atoms with Crippen LogP contribution >= 0.6 is 11.8 Å². The minimum absolute atomic E-state index is 0.123. The van der Waals surface area contributed by atoms with Crippen LogP contribution in [0.3, 0.4) is 0 Å². The normalized spacial score (nSPS) is 10.7. The molecule has 3 aromatic rings. The number of unbranched alkanes of at least 4 members (excludes halogenated alkanes) is 1. The lowest BCUT2D eigenvalue weighted by Gasteiger charge is -2.07. The molecule has 7 nitrogen and oxygen atoms in total. The van der Waals surface area contributed by atoms with E-state index >= 15 is 0 Å². The summed E-state index contributed by atoms with van der Waals surface area (Å²) in [6.45, 7) is 2.17. The Morgan fingerprint density at radius 3 is 2.72 bits per heavy atom. The lowest BCUT2D eigenvalue weighted by molar-refractivity contribution is -0.113. The van der Waals surface area contributed by atoms with E-state index in [4.69, 9.17) is 10.6 Å². The van der Waals surface area contributed by atoms with Gasteiger partial charge in [-0.15, -0.1) is 10.2 Å². The molecule has 0 fully saturated rings. The molecular weight excluding hydrogens is 386 g/mol. The molecule has 2 aromatic carbocycles. The van der Waals surface area contributed by atoms with Gasteiger partial charge in [-0.25, -0.2) is 4.68 Å². The minimum Gasteiger partial charge on any atom is -0.497 e. The molecular formula is C21H25N5O2S. The fourth-order valence-electron chi connectivity index (χ4n) is 2.80. The summed E-state index contributed by atoms with van der Waals surface area (Å²) in [5.41, 5.74) is 2.85. The first-order chi connectivity index (χ1) is 14.1. The smallest absolute Gasteiger partial charge is 0.234 e. The summed E-state index contributed by atoms with van der Waals surface area (Å²) < 4.78 is 6.61. The standard InChI is InChI=1S/C21H25N5O2S/c1-3-4-6-15-9-11-17(12-10-15)23-19(27)14-29-21-25-24-20(26(21)22)16-7-5-8-18(13-16)28-2/h5,7-13H,3-4,6,14,22H2,1-2H3,(H,23,27). The molecule has 1 heterocycles. The largest absolute Gasteiger partial charge is 0.497 e. The lowest BCUT2D eigenvalue weighted by Crippen LogP contribution is -2.16. The molecule has 0 radical (unpaired) electrons. The number of methoxy groups -OCH3 is 1. The number of aromatic nitrogens is 3. The average Bonchev–Trinajstić information content (AvgIpc) is 3.12. The third-order valence-corrected chi connectivity index (χ3v) is 5.32. The molecule has 1 amide bonds. The van der Waals surface area contributed by atoms with E-state index in [1.807, 2.05) is 36.4 Å². The quantitative estimate of drug-likeness (QED) is 0.411. The first-order valence-corrected chi connectivity index (χ1v) is 10.5. The third kappa shape index (κ3) is 5.51. The first-order valence-electron chi connectivity index (χ1n) is 9.47. The maximum absolute atomic E-state index is 12.3. The van der Waals surface area contributed by atoms with Crippen LogP contribution in [0, 0.1) is 0 Å². The van der Waals surface area contributed by atoms with E-state index in [1.165, 1.54) is 34.8 Å².